The molecule has 0 unspecified atom stereocenters. The fourth-order valence-corrected chi connectivity index (χ4v) is 2.88. The summed E-state index contributed by atoms with van der Waals surface area (Å²) in [5.74, 6) is 1.52. The number of rotatable bonds is 2. The number of anilines is 1. The Morgan fingerprint density at radius 1 is 1.30 bits per heavy atom. The van der Waals surface area contributed by atoms with E-state index in [1.165, 1.54) is 5.56 Å². The predicted molar refractivity (Wildman–Crippen MR) is 82.4 cm³/mol. The minimum Gasteiger partial charge on any atom is -0.491 e. The molecule has 4 nitrogen and oxygen atoms in total. The third kappa shape index (κ3) is 2.94. The maximum Gasteiger partial charge on any atom is 0.138 e. The van der Waals surface area contributed by atoms with Crippen LogP contribution in [0, 0.1) is 0 Å². The Bertz CT molecular complexity index is 601. The van der Waals surface area contributed by atoms with Gasteiger partial charge in [-0.05, 0) is 33.6 Å². The zero-order valence-corrected chi connectivity index (χ0v) is 12.6. The van der Waals surface area contributed by atoms with Gasteiger partial charge in [-0.3, -0.25) is 4.90 Å². The van der Waals surface area contributed by atoms with Crippen LogP contribution < -0.4 is 10.5 Å². The molecule has 0 bridgehead atoms. The zero-order chi connectivity index (χ0) is 13.9. The van der Waals surface area contributed by atoms with Crippen molar-refractivity contribution in [1.82, 2.24) is 9.88 Å². The Kier molecular flexibility index (Phi) is 3.89. The number of ether oxygens (including phenoxy) is 1. The van der Waals surface area contributed by atoms with Crippen molar-refractivity contribution in [3.63, 3.8) is 0 Å². The summed E-state index contributed by atoms with van der Waals surface area (Å²) >= 11 is 3.54. The fourth-order valence-electron chi connectivity index (χ4n) is 2.36. The normalized spacial score (nSPS) is 15.2. The Labute approximate surface area is 126 Å². The highest BCUT2D eigenvalue weighted by Crippen LogP contribution is 2.31. The first-order chi connectivity index (χ1) is 9.72. The van der Waals surface area contributed by atoms with E-state index in [0.29, 0.717) is 12.4 Å². The van der Waals surface area contributed by atoms with Crippen LogP contribution in [0.3, 0.4) is 0 Å². The van der Waals surface area contributed by atoms with Gasteiger partial charge in [0.05, 0.1) is 4.47 Å². The molecule has 104 valence electrons. The average Bonchev–Trinajstić information content (AvgIpc) is 2.64. The molecule has 2 heterocycles. The second kappa shape index (κ2) is 5.81. The fraction of sp³-hybridized carbons (Fsp3) is 0.267. The quantitative estimate of drug-likeness (QED) is 0.918. The van der Waals surface area contributed by atoms with E-state index in [2.05, 4.69) is 31.9 Å². The molecule has 0 radical (unpaired) electrons. The van der Waals surface area contributed by atoms with Crippen LogP contribution >= 0.6 is 15.9 Å². The number of halogens is 1. The van der Waals surface area contributed by atoms with E-state index >= 15 is 0 Å². The highest BCUT2D eigenvalue weighted by molar-refractivity contribution is 9.10. The molecule has 1 aromatic heterocycles. The first-order valence-electron chi connectivity index (χ1n) is 6.55. The van der Waals surface area contributed by atoms with E-state index in [4.69, 9.17) is 10.5 Å². The third-order valence-electron chi connectivity index (χ3n) is 3.35. The van der Waals surface area contributed by atoms with E-state index in [-0.39, 0.29) is 0 Å². The number of nitrogens with two attached hydrogens (primary N) is 1. The van der Waals surface area contributed by atoms with Crippen LogP contribution in [-0.4, -0.2) is 23.0 Å². The number of para-hydroxylation sites is 1. The molecule has 0 fully saturated rings. The second-order valence-corrected chi connectivity index (χ2v) is 5.73. The van der Waals surface area contributed by atoms with Crippen LogP contribution in [0.5, 0.6) is 5.75 Å². The zero-order valence-electron chi connectivity index (χ0n) is 11.1. The van der Waals surface area contributed by atoms with Crippen molar-refractivity contribution >= 4 is 21.7 Å². The molecule has 5 heteroatoms. The van der Waals surface area contributed by atoms with Gasteiger partial charge in [-0.25, -0.2) is 4.98 Å². The van der Waals surface area contributed by atoms with Crippen LogP contribution in [0.4, 0.5) is 5.82 Å². The number of hydrogen-bond acceptors (Lipinski definition) is 4. The van der Waals surface area contributed by atoms with Gasteiger partial charge in [-0.1, -0.05) is 18.2 Å². The maximum atomic E-state index is 5.84. The minimum atomic E-state index is 0.558. The first-order valence-corrected chi connectivity index (χ1v) is 7.34. The number of hydrogen-bond donors (Lipinski definition) is 1. The lowest BCUT2D eigenvalue weighted by atomic mass is 10.2. The van der Waals surface area contributed by atoms with Gasteiger partial charge >= 0.3 is 0 Å². The van der Waals surface area contributed by atoms with Crippen molar-refractivity contribution in [1.29, 1.82) is 0 Å². The van der Waals surface area contributed by atoms with Crippen molar-refractivity contribution in [2.75, 3.05) is 18.9 Å². The van der Waals surface area contributed by atoms with E-state index in [1.807, 2.05) is 30.5 Å². The number of aromatic nitrogens is 1. The molecule has 0 aliphatic carbocycles. The molecule has 0 atom stereocenters. The molecule has 0 spiro atoms. The van der Waals surface area contributed by atoms with Gasteiger partial charge < -0.3 is 10.5 Å². The molecule has 0 saturated heterocycles. The van der Waals surface area contributed by atoms with Crippen LogP contribution in [0.15, 0.2) is 41.0 Å². The van der Waals surface area contributed by atoms with Gasteiger partial charge in [0, 0.05) is 31.4 Å². The van der Waals surface area contributed by atoms with Gasteiger partial charge in [0.1, 0.15) is 18.2 Å². The van der Waals surface area contributed by atoms with Gasteiger partial charge in [-0.2, -0.15) is 0 Å². The summed E-state index contributed by atoms with van der Waals surface area (Å²) < 4.78 is 6.86. The Balaban J connectivity index is 1.77. The van der Waals surface area contributed by atoms with E-state index in [1.54, 1.807) is 0 Å². The van der Waals surface area contributed by atoms with Gasteiger partial charge in [0.15, 0.2) is 0 Å². The summed E-state index contributed by atoms with van der Waals surface area (Å²) in [4.78, 5) is 6.49. The molecular weight excluding hydrogens is 318 g/mol. The van der Waals surface area contributed by atoms with Gasteiger partial charge in [0.2, 0.25) is 0 Å². The number of nitrogens with zero attached hydrogens (tertiary/aromatic N) is 2. The maximum absolute atomic E-state index is 5.84. The van der Waals surface area contributed by atoms with E-state index in [0.717, 1.165) is 35.4 Å². The molecule has 1 aromatic carbocycles. The standard InChI is InChI=1S/C15H16BrN3O/c16-13-3-1-2-12-10-19(6-7-20-15(12)13)9-11-4-5-14(17)18-8-11/h1-5,8H,6-7,9-10H2,(H2,17,18). The molecule has 20 heavy (non-hydrogen) atoms. The number of fused-ring (bicyclic) bond motifs is 1. The summed E-state index contributed by atoms with van der Waals surface area (Å²) in [6.07, 6.45) is 1.84. The highest BCUT2D eigenvalue weighted by Gasteiger charge is 2.17. The second-order valence-electron chi connectivity index (χ2n) is 4.88. The Morgan fingerprint density at radius 2 is 2.20 bits per heavy atom. The monoisotopic (exact) mass is 333 g/mol. The highest BCUT2D eigenvalue weighted by atomic mass is 79.9. The van der Waals surface area contributed by atoms with Crippen LogP contribution in [0.25, 0.3) is 0 Å². The average molecular weight is 334 g/mol. The lowest BCUT2D eigenvalue weighted by Crippen LogP contribution is -2.25. The molecule has 0 amide bonds. The summed E-state index contributed by atoms with van der Waals surface area (Å²) in [6, 6.07) is 10.0. The van der Waals surface area contributed by atoms with E-state index < -0.39 is 0 Å². The van der Waals surface area contributed by atoms with E-state index in [9.17, 15) is 0 Å². The molecule has 0 saturated carbocycles. The smallest absolute Gasteiger partial charge is 0.138 e. The van der Waals surface area contributed by atoms with Crippen molar-refractivity contribution in [2.45, 2.75) is 13.1 Å². The number of benzene rings is 1. The molecule has 1 aliphatic rings. The first kappa shape index (κ1) is 13.4. The SMILES string of the molecule is Nc1ccc(CN2CCOc3c(Br)cccc3C2)cn1. The van der Waals surface area contributed by atoms with Crippen molar-refractivity contribution in [2.24, 2.45) is 0 Å². The number of nitrogen functional groups attached to an aromatic ring is 1. The van der Waals surface area contributed by atoms with Gasteiger partial charge in [0.25, 0.3) is 0 Å². The predicted octanol–water partition coefficient (Wildman–Crippen LogP) is 2.82. The summed E-state index contributed by atoms with van der Waals surface area (Å²) in [5, 5.41) is 0. The van der Waals surface area contributed by atoms with Crippen molar-refractivity contribution in [3.8, 4) is 5.75 Å². The van der Waals surface area contributed by atoms with Gasteiger partial charge in [-0.15, -0.1) is 0 Å². The lowest BCUT2D eigenvalue weighted by Gasteiger charge is -2.19. The van der Waals surface area contributed by atoms with Crippen molar-refractivity contribution < 1.29 is 4.74 Å². The molecular formula is C15H16BrN3O. The Hall–Kier alpha value is -1.59. The van der Waals surface area contributed by atoms with Crippen LogP contribution in [0.1, 0.15) is 11.1 Å². The largest absolute Gasteiger partial charge is 0.491 e. The van der Waals surface area contributed by atoms with Crippen molar-refractivity contribution in [3.05, 3.63) is 52.1 Å². The Morgan fingerprint density at radius 3 is 3.00 bits per heavy atom. The molecule has 1 aliphatic heterocycles. The van der Waals surface area contributed by atoms with Crippen LogP contribution in [0.2, 0.25) is 0 Å². The summed E-state index contributed by atoms with van der Waals surface area (Å²) in [5.41, 5.74) is 7.99. The molecule has 3 rings (SSSR count). The molecule has 2 aromatic rings. The third-order valence-corrected chi connectivity index (χ3v) is 3.97. The molecule has 2 N–H and O–H groups in total. The lowest BCUT2D eigenvalue weighted by molar-refractivity contribution is 0.219. The summed E-state index contributed by atoms with van der Waals surface area (Å²) in [7, 11) is 0. The topological polar surface area (TPSA) is 51.4 Å². The number of pyridine rings is 1. The summed E-state index contributed by atoms with van der Waals surface area (Å²) in [6.45, 7) is 3.31. The minimum absolute atomic E-state index is 0.558. The van der Waals surface area contributed by atoms with Crippen LogP contribution in [-0.2, 0) is 13.1 Å².